The highest BCUT2D eigenvalue weighted by molar-refractivity contribution is 14.1. The van der Waals surface area contributed by atoms with E-state index < -0.39 is 0 Å². The lowest BCUT2D eigenvalue weighted by Crippen LogP contribution is -2.16. The number of amides is 1. The van der Waals surface area contributed by atoms with E-state index in [0.29, 0.717) is 12.2 Å². The smallest absolute Gasteiger partial charge is 0.230 e. The molecule has 0 aliphatic heterocycles. The molecule has 1 heterocycles. The van der Waals surface area contributed by atoms with E-state index in [4.69, 9.17) is 0 Å². The van der Waals surface area contributed by atoms with Gasteiger partial charge in [0.15, 0.2) is 5.82 Å². The van der Waals surface area contributed by atoms with Gasteiger partial charge < -0.3 is 5.32 Å². The summed E-state index contributed by atoms with van der Waals surface area (Å²) in [5.41, 5.74) is 0.976. The van der Waals surface area contributed by atoms with Gasteiger partial charge in [0.25, 0.3) is 0 Å². The van der Waals surface area contributed by atoms with Crippen LogP contribution in [-0.4, -0.2) is 16.1 Å². The molecule has 0 atom stereocenters. The first-order valence-electron chi connectivity index (χ1n) is 5.06. The van der Waals surface area contributed by atoms with Crippen LogP contribution in [0.25, 0.3) is 0 Å². The van der Waals surface area contributed by atoms with Crippen LogP contribution >= 0.6 is 22.6 Å². The molecule has 0 saturated carbocycles. The Kier molecular flexibility index (Phi) is 4.03. The Bertz CT molecular complexity index is 516. The summed E-state index contributed by atoms with van der Waals surface area (Å²) in [5, 5.41) is 10.3. The van der Waals surface area contributed by atoms with Gasteiger partial charge in [-0.05, 0) is 34.2 Å². The SMILES string of the molecule is O=C(Cc1ccccc1)Nc1nnccc1I. The Labute approximate surface area is 113 Å². The van der Waals surface area contributed by atoms with Crippen LogP contribution in [0.3, 0.4) is 0 Å². The molecular weight excluding hydrogens is 329 g/mol. The predicted molar refractivity (Wildman–Crippen MR) is 73.5 cm³/mol. The number of carbonyl (C=O) groups is 1. The first-order valence-corrected chi connectivity index (χ1v) is 6.14. The van der Waals surface area contributed by atoms with Gasteiger partial charge in [-0.1, -0.05) is 30.3 Å². The summed E-state index contributed by atoms with van der Waals surface area (Å²) < 4.78 is 0.874. The third-order valence-corrected chi connectivity index (χ3v) is 3.01. The molecule has 2 aromatic rings. The molecular formula is C12H10IN3O. The van der Waals surface area contributed by atoms with Crippen molar-refractivity contribution < 1.29 is 4.79 Å². The lowest BCUT2D eigenvalue weighted by atomic mass is 10.1. The molecule has 2 rings (SSSR count). The second kappa shape index (κ2) is 5.72. The van der Waals surface area contributed by atoms with Gasteiger partial charge in [-0.15, -0.1) is 5.10 Å². The topological polar surface area (TPSA) is 54.9 Å². The van der Waals surface area contributed by atoms with Gasteiger partial charge >= 0.3 is 0 Å². The number of rotatable bonds is 3. The minimum Gasteiger partial charge on any atom is -0.308 e. The van der Waals surface area contributed by atoms with Crippen molar-refractivity contribution in [3.8, 4) is 0 Å². The van der Waals surface area contributed by atoms with E-state index in [9.17, 15) is 4.79 Å². The van der Waals surface area contributed by atoms with E-state index in [2.05, 4.69) is 38.1 Å². The minimum atomic E-state index is -0.0883. The Hall–Kier alpha value is -1.50. The van der Waals surface area contributed by atoms with E-state index in [1.54, 1.807) is 12.3 Å². The van der Waals surface area contributed by atoms with Gasteiger partial charge in [0.05, 0.1) is 16.2 Å². The van der Waals surface area contributed by atoms with Crippen molar-refractivity contribution >= 4 is 34.3 Å². The first kappa shape index (κ1) is 12.0. The summed E-state index contributed by atoms with van der Waals surface area (Å²) in [6.07, 6.45) is 1.93. The van der Waals surface area contributed by atoms with Crippen LogP contribution in [0, 0.1) is 3.57 Å². The molecule has 4 nitrogen and oxygen atoms in total. The van der Waals surface area contributed by atoms with E-state index in [-0.39, 0.29) is 5.91 Å². The van der Waals surface area contributed by atoms with Gasteiger partial charge in [-0.25, -0.2) is 0 Å². The zero-order valence-corrected chi connectivity index (χ0v) is 11.1. The third kappa shape index (κ3) is 3.48. The van der Waals surface area contributed by atoms with Crippen LogP contribution in [0.2, 0.25) is 0 Å². The standard InChI is InChI=1S/C12H10IN3O/c13-10-6-7-14-16-12(10)15-11(17)8-9-4-2-1-3-5-9/h1-7H,8H2,(H,15,16,17). The maximum absolute atomic E-state index is 11.8. The largest absolute Gasteiger partial charge is 0.308 e. The normalized spacial score (nSPS) is 9.94. The number of carbonyl (C=O) groups excluding carboxylic acids is 1. The van der Waals surface area contributed by atoms with Crippen LogP contribution in [0.15, 0.2) is 42.6 Å². The average molecular weight is 339 g/mol. The Morgan fingerprint density at radius 3 is 2.71 bits per heavy atom. The van der Waals surface area contributed by atoms with Gasteiger partial charge in [0, 0.05) is 0 Å². The molecule has 17 heavy (non-hydrogen) atoms. The minimum absolute atomic E-state index is 0.0883. The molecule has 0 aliphatic carbocycles. The second-order valence-electron chi connectivity index (χ2n) is 3.44. The number of halogens is 1. The average Bonchev–Trinajstić information content (AvgIpc) is 2.33. The summed E-state index contributed by atoms with van der Waals surface area (Å²) in [5.74, 6) is 0.420. The summed E-state index contributed by atoms with van der Waals surface area (Å²) in [7, 11) is 0. The number of hydrogen-bond donors (Lipinski definition) is 1. The monoisotopic (exact) mass is 339 g/mol. The molecule has 1 amide bonds. The van der Waals surface area contributed by atoms with E-state index in [1.807, 2.05) is 30.3 Å². The first-order chi connectivity index (χ1) is 8.25. The molecule has 0 spiro atoms. The van der Waals surface area contributed by atoms with Crippen LogP contribution < -0.4 is 5.32 Å². The van der Waals surface area contributed by atoms with Crippen molar-refractivity contribution in [2.45, 2.75) is 6.42 Å². The van der Waals surface area contributed by atoms with E-state index in [1.165, 1.54) is 0 Å². The molecule has 1 N–H and O–H groups in total. The van der Waals surface area contributed by atoms with Gasteiger partial charge in [-0.2, -0.15) is 5.10 Å². The highest BCUT2D eigenvalue weighted by Crippen LogP contribution is 2.12. The summed E-state index contributed by atoms with van der Waals surface area (Å²) >= 11 is 2.11. The van der Waals surface area contributed by atoms with E-state index >= 15 is 0 Å². The molecule has 0 aliphatic rings. The number of benzene rings is 1. The molecule has 86 valence electrons. The Morgan fingerprint density at radius 1 is 1.24 bits per heavy atom. The predicted octanol–water partition coefficient (Wildman–Crippen LogP) is 2.26. The summed E-state index contributed by atoms with van der Waals surface area (Å²) in [6.45, 7) is 0. The lowest BCUT2D eigenvalue weighted by Gasteiger charge is -2.05. The number of anilines is 1. The number of hydrogen-bond acceptors (Lipinski definition) is 3. The van der Waals surface area contributed by atoms with Gasteiger partial charge in [-0.3, -0.25) is 4.79 Å². The van der Waals surface area contributed by atoms with Crippen LogP contribution in [0.4, 0.5) is 5.82 Å². The quantitative estimate of drug-likeness (QED) is 0.873. The van der Waals surface area contributed by atoms with Crippen molar-refractivity contribution in [1.29, 1.82) is 0 Å². The van der Waals surface area contributed by atoms with Crippen LogP contribution in [-0.2, 0) is 11.2 Å². The fourth-order valence-electron chi connectivity index (χ4n) is 1.36. The van der Waals surface area contributed by atoms with Crippen LogP contribution in [0.5, 0.6) is 0 Å². The van der Waals surface area contributed by atoms with Crippen molar-refractivity contribution in [1.82, 2.24) is 10.2 Å². The zero-order valence-electron chi connectivity index (χ0n) is 8.93. The maximum Gasteiger partial charge on any atom is 0.230 e. The molecule has 1 aromatic heterocycles. The number of nitrogens with zero attached hydrogens (tertiary/aromatic N) is 2. The molecule has 0 saturated heterocycles. The molecule has 0 unspecified atom stereocenters. The third-order valence-electron chi connectivity index (χ3n) is 2.14. The van der Waals surface area contributed by atoms with E-state index in [0.717, 1.165) is 9.13 Å². The molecule has 0 radical (unpaired) electrons. The highest BCUT2D eigenvalue weighted by atomic mass is 127. The summed E-state index contributed by atoms with van der Waals surface area (Å²) in [4.78, 5) is 11.8. The summed E-state index contributed by atoms with van der Waals surface area (Å²) in [6, 6.07) is 11.4. The Balaban J connectivity index is 2.01. The number of aromatic nitrogens is 2. The molecule has 1 aromatic carbocycles. The second-order valence-corrected chi connectivity index (χ2v) is 4.60. The molecule has 0 bridgehead atoms. The fraction of sp³-hybridized carbons (Fsp3) is 0.0833. The molecule has 5 heteroatoms. The van der Waals surface area contributed by atoms with Gasteiger partial charge in [0.1, 0.15) is 0 Å². The Morgan fingerprint density at radius 2 is 2.00 bits per heavy atom. The number of nitrogens with one attached hydrogen (secondary N) is 1. The van der Waals surface area contributed by atoms with Crippen molar-refractivity contribution in [2.24, 2.45) is 0 Å². The lowest BCUT2D eigenvalue weighted by molar-refractivity contribution is -0.115. The zero-order chi connectivity index (χ0) is 12.1. The van der Waals surface area contributed by atoms with Crippen LogP contribution in [0.1, 0.15) is 5.56 Å². The van der Waals surface area contributed by atoms with Gasteiger partial charge in [0.2, 0.25) is 5.91 Å². The van der Waals surface area contributed by atoms with Crippen molar-refractivity contribution in [3.63, 3.8) is 0 Å². The van der Waals surface area contributed by atoms with Crippen molar-refractivity contribution in [3.05, 3.63) is 51.7 Å². The highest BCUT2D eigenvalue weighted by Gasteiger charge is 2.07. The molecule has 0 fully saturated rings. The fourth-order valence-corrected chi connectivity index (χ4v) is 1.76. The van der Waals surface area contributed by atoms with Crippen molar-refractivity contribution in [2.75, 3.05) is 5.32 Å². The maximum atomic E-state index is 11.8.